The molecule has 1 aromatic heterocycles. The minimum absolute atomic E-state index is 0.184. The number of rotatable bonds is 4. The Morgan fingerprint density at radius 3 is 2.56 bits per heavy atom. The lowest BCUT2D eigenvalue weighted by atomic mass is 10.1. The fourth-order valence-electron chi connectivity index (χ4n) is 2.90. The average molecular weight is 354 g/mol. The summed E-state index contributed by atoms with van der Waals surface area (Å²) in [5.41, 5.74) is 5.03. The zero-order chi connectivity index (χ0) is 18.6. The van der Waals surface area contributed by atoms with Gasteiger partial charge in [-0.05, 0) is 48.4 Å². The lowest BCUT2D eigenvalue weighted by molar-refractivity contribution is -0.111. The molecule has 0 fully saturated rings. The maximum absolute atomic E-state index is 12.3. The molecular weight excluding hydrogens is 336 g/mol. The Kier molecular flexibility index (Phi) is 4.54. The molecule has 4 aromatic rings. The highest BCUT2D eigenvalue weighted by Gasteiger charge is 2.13. The molecule has 3 aromatic carbocycles. The lowest BCUT2D eigenvalue weighted by Crippen LogP contribution is -2.09. The third-order valence-electron chi connectivity index (χ3n) is 4.34. The largest absolute Gasteiger partial charge is 0.436 e. The molecule has 0 spiro atoms. The molecule has 132 valence electrons. The molecule has 1 amide bonds. The molecule has 0 bridgehead atoms. The van der Waals surface area contributed by atoms with Crippen molar-refractivity contribution in [2.24, 2.45) is 0 Å². The van der Waals surface area contributed by atoms with Gasteiger partial charge in [-0.1, -0.05) is 48.5 Å². The van der Waals surface area contributed by atoms with Crippen molar-refractivity contribution >= 4 is 28.8 Å². The Morgan fingerprint density at radius 2 is 1.74 bits per heavy atom. The third kappa shape index (κ3) is 3.65. The number of hydrogen-bond acceptors (Lipinski definition) is 3. The number of fused-ring (bicyclic) bond motifs is 1. The van der Waals surface area contributed by atoms with Gasteiger partial charge in [0.1, 0.15) is 5.52 Å². The molecule has 0 aliphatic rings. The van der Waals surface area contributed by atoms with Crippen LogP contribution in [0.5, 0.6) is 0 Å². The summed E-state index contributed by atoms with van der Waals surface area (Å²) in [7, 11) is 0. The molecular formula is C23H18N2O2. The number of oxazole rings is 1. The van der Waals surface area contributed by atoms with E-state index in [9.17, 15) is 4.79 Å². The number of para-hydroxylation sites is 2. The molecule has 0 aliphatic carbocycles. The number of anilines is 1. The van der Waals surface area contributed by atoms with E-state index in [4.69, 9.17) is 4.42 Å². The van der Waals surface area contributed by atoms with Crippen molar-refractivity contribution in [3.05, 3.63) is 90.0 Å². The summed E-state index contributed by atoms with van der Waals surface area (Å²) < 4.78 is 5.86. The van der Waals surface area contributed by atoms with Crippen LogP contribution in [0.4, 0.5) is 5.69 Å². The van der Waals surface area contributed by atoms with Crippen molar-refractivity contribution in [3.63, 3.8) is 0 Å². The summed E-state index contributed by atoms with van der Waals surface area (Å²) in [5.74, 6) is 0.362. The standard InChI is InChI=1S/C23H18N2O2/c1-16-18(23-25-20-11-5-6-13-21(20)27-23)10-7-12-19(16)24-22(26)15-14-17-8-3-2-4-9-17/h2-15H,1H3,(H,24,26). The number of carbonyl (C=O) groups is 1. The average Bonchev–Trinajstić information content (AvgIpc) is 3.13. The lowest BCUT2D eigenvalue weighted by Gasteiger charge is -2.09. The molecule has 0 aliphatic heterocycles. The molecule has 0 saturated heterocycles. The molecule has 0 saturated carbocycles. The Labute approximate surface area is 157 Å². The van der Waals surface area contributed by atoms with E-state index < -0.39 is 0 Å². The number of carbonyl (C=O) groups excluding carboxylic acids is 1. The van der Waals surface area contributed by atoms with E-state index in [0.717, 1.165) is 33.5 Å². The Balaban J connectivity index is 1.58. The van der Waals surface area contributed by atoms with Crippen LogP contribution in [0, 0.1) is 6.92 Å². The number of aromatic nitrogens is 1. The third-order valence-corrected chi connectivity index (χ3v) is 4.34. The second-order valence-electron chi connectivity index (χ2n) is 6.20. The van der Waals surface area contributed by atoms with Crippen LogP contribution in [0.2, 0.25) is 0 Å². The maximum Gasteiger partial charge on any atom is 0.248 e. The molecule has 4 nitrogen and oxygen atoms in total. The van der Waals surface area contributed by atoms with Crippen LogP contribution < -0.4 is 5.32 Å². The van der Waals surface area contributed by atoms with Gasteiger partial charge in [0.2, 0.25) is 11.8 Å². The van der Waals surface area contributed by atoms with Crippen molar-refractivity contribution in [2.75, 3.05) is 5.32 Å². The van der Waals surface area contributed by atoms with Crippen molar-refractivity contribution in [2.45, 2.75) is 6.92 Å². The van der Waals surface area contributed by atoms with Gasteiger partial charge >= 0.3 is 0 Å². The highest BCUT2D eigenvalue weighted by atomic mass is 16.3. The van der Waals surface area contributed by atoms with E-state index in [2.05, 4.69) is 10.3 Å². The van der Waals surface area contributed by atoms with Gasteiger partial charge < -0.3 is 9.73 Å². The molecule has 0 atom stereocenters. The topological polar surface area (TPSA) is 55.1 Å². The summed E-state index contributed by atoms with van der Waals surface area (Å²) in [6.07, 6.45) is 3.32. The van der Waals surface area contributed by atoms with Crippen molar-refractivity contribution in [1.82, 2.24) is 4.98 Å². The van der Waals surface area contributed by atoms with Crippen LogP contribution in [0.3, 0.4) is 0 Å². The molecule has 0 unspecified atom stereocenters. The maximum atomic E-state index is 12.3. The van der Waals surface area contributed by atoms with Gasteiger partial charge in [0.25, 0.3) is 0 Å². The quantitative estimate of drug-likeness (QED) is 0.495. The van der Waals surface area contributed by atoms with E-state index >= 15 is 0 Å². The molecule has 1 N–H and O–H groups in total. The van der Waals surface area contributed by atoms with Gasteiger partial charge in [-0.3, -0.25) is 4.79 Å². The fourth-order valence-corrected chi connectivity index (χ4v) is 2.90. The van der Waals surface area contributed by atoms with Crippen molar-refractivity contribution in [3.8, 4) is 11.5 Å². The molecule has 4 heteroatoms. The molecule has 4 rings (SSSR count). The van der Waals surface area contributed by atoms with E-state index in [1.807, 2.05) is 79.7 Å². The number of hydrogen-bond donors (Lipinski definition) is 1. The summed E-state index contributed by atoms with van der Waals surface area (Å²) in [6.45, 7) is 1.95. The minimum atomic E-state index is -0.184. The Hall–Kier alpha value is -3.66. The van der Waals surface area contributed by atoms with Crippen LogP contribution in [0.1, 0.15) is 11.1 Å². The monoisotopic (exact) mass is 354 g/mol. The van der Waals surface area contributed by atoms with Crippen molar-refractivity contribution in [1.29, 1.82) is 0 Å². The highest BCUT2D eigenvalue weighted by Crippen LogP contribution is 2.30. The van der Waals surface area contributed by atoms with Crippen molar-refractivity contribution < 1.29 is 9.21 Å². The van der Waals surface area contributed by atoms with Crippen LogP contribution in [-0.4, -0.2) is 10.9 Å². The van der Waals surface area contributed by atoms with Gasteiger partial charge in [0.05, 0.1) is 0 Å². The first-order valence-corrected chi connectivity index (χ1v) is 8.70. The Bertz CT molecular complexity index is 1090. The van der Waals surface area contributed by atoms with E-state index in [0.29, 0.717) is 5.89 Å². The van der Waals surface area contributed by atoms with Gasteiger partial charge in [0, 0.05) is 17.3 Å². The molecule has 27 heavy (non-hydrogen) atoms. The first-order valence-electron chi connectivity index (χ1n) is 8.70. The highest BCUT2D eigenvalue weighted by molar-refractivity contribution is 6.02. The fraction of sp³-hybridized carbons (Fsp3) is 0.0435. The predicted octanol–water partition coefficient (Wildman–Crippen LogP) is 5.46. The SMILES string of the molecule is Cc1c(NC(=O)C=Cc2ccccc2)cccc1-c1nc2ccccc2o1. The van der Waals surface area contributed by atoms with E-state index in [1.165, 1.54) is 6.08 Å². The normalized spacial score (nSPS) is 11.1. The van der Waals surface area contributed by atoms with Crippen LogP contribution >= 0.6 is 0 Å². The first kappa shape index (κ1) is 16.8. The van der Waals surface area contributed by atoms with Gasteiger partial charge in [-0.2, -0.15) is 0 Å². The summed E-state index contributed by atoms with van der Waals surface area (Å²) in [6, 6.07) is 23.1. The summed E-state index contributed by atoms with van der Waals surface area (Å²) >= 11 is 0. The van der Waals surface area contributed by atoms with Gasteiger partial charge in [0.15, 0.2) is 5.58 Å². The van der Waals surface area contributed by atoms with E-state index in [-0.39, 0.29) is 5.91 Å². The molecule has 0 radical (unpaired) electrons. The Morgan fingerprint density at radius 1 is 0.963 bits per heavy atom. The minimum Gasteiger partial charge on any atom is -0.436 e. The van der Waals surface area contributed by atoms with Gasteiger partial charge in [-0.15, -0.1) is 0 Å². The van der Waals surface area contributed by atoms with Crippen LogP contribution in [-0.2, 0) is 4.79 Å². The zero-order valence-electron chi connectivity index (χ0n) is 14.8. The van der Waals surface area contributed by atoms with Gasteiger partial charge in [-0.25, -0.2) is 4.98 Å². The summed E-state index contributed by atoms with van der Waals surface area (Å²) in [4.78, 5) is 16.8. The molecule has 1 heterocycles. The second-order valence-corrected chi connectivity index (χ2v) is 6.20. The second kappa shape index (κ2) is 7.30. The van der Waals surface area contributed by atoms with E-state index in [1.54, 1.807) is 6.08 Å². The zero-order valence-corrected chi connectivity index (χ0v) is 14.8. The predicted molar refractivity (Wildman–Crippen MR) is 108 cm³/mol. The number of nitrogens with one attached hydrogen (secondary N) is 1. The number of nitrogens with zero attached hydrogens (tertiary/aromatic N) is 1. The number of benzene rings is 3. The van der Waals surface area contributed by atoms with Crippen LogP contribution in [0.15, 0.2) is 83.3 Å². The summed E-state index contributed by atoms with van der Waals surface area (Å²) in [5, 5.41) is 2.93. The number of amides is 1. The smallest absolute Gasteiger partial charge is 0.248 e. The van der Waals surface area contributed by atoms with Crippen LogP contribution in [0.25, 0.3) is 28.6 Å². The first-order chi connectivity index (χ1) is 13.2.